The average Bonchev–Trinajstić information content (AvgIpc) is 2.64. The third-order valence-electron chi connectivity index (χ3n) is 2.37. The van der Waals surface area contributed by atoms with Crippen molar-refractivity contribution in [3.63, 3.8) is 0 Å². The van der Waals surface area contributed by atoms with Crippen molar-refractivity contribution in [1.29, 1.82) is 0 Å². The summed E-state index contributed by atoms with van der Waals surface area (Å²) < 4.78 is 12.3. The summed E-state index contributed by atoms with van der Waals surface area (Å²) in [7, 11) is 1.70. The van der Waals surface area contributed by atoms with Gasteiger partial charge in [0.2, 0.25) is 0 Å². The fourth-order valence-corrected chi connectivity index (χ4v) is 1.44. The van der Waals surface area contributed by atoms with E-state index in [0.717, 1.165) is 37.4 Å². The van der Waals surface area contributed by atoms with E-state index >= 15 is 0 Å². The Balaban J connectivity index is 2.16. The van der Waals surface area contributed by atoms with E-state index in [1.54, 1.807) is 7.11 Å². The zero-order valence-electron chi connectivity index (χ0n) is 10.1. The molecule has 0 atom stereocenters. The molecular formula is C11H21N3O2. The van der Waals surface area contributed by atoms with E-state index in [0.29, 0.717) is 13.2 Å². The smallest absolute Gasteiger partial charge is 0.0662 e. The van der Waals surface area contributed by atoms with Gasteiger partial charge in [-0.2, -0.15) is 5.10 Å². The van der Waals surface area contributed by atoms with E-state index in [-0.39, 0.29) is 0 Å². The van der Waals surface area contributed by atoms with Gasteiger partial charge in [0.05, 0.1) is 18.8 Å². The zero-order chi connectivity index (χ0) is 11.8. The second kappa shape index (κ2) is 7.38. The second-order valence-corrected chi connectivity index (χ2v) is 3.67. The third kappa shape index (κ3) is 4.30. The zero-order valence-corrected chi connectivity index (χ0v) is 10.1. The summed E-state index contributed by atoms with van der Waals surface area (Å²) in [6.45, 7) is 5.44. The molecule has 0 aliphatic carbocycles. The van der Waals surface area contributed by atoms with Gasteiger partial charge in [-0.25, -0.2) is 0 Å². The molecule has 0 aliphatic rings. The molecule has 1 aromatic heterocycles. The summed E-state index contributed by atoms with van der Waals surface area (Å²) in [6.07, 6.45) is 2.91. The predicted molar refractivity (Wildman–Crippen MR) is 62.2 cm³/mol. The Morgan fingerprint density at radius 2 is 2.19 bits per heavy atom. The molecule has 0 saturated heterocycles. The molecule has 0 radical (unpaired) electrons. The summed E-state index contributed by atoms with van der Waals surface area (Å²) in [6, 6.07) is 0. The number of aromatic nitrogens is 2. The van der Waals surface area contributed by atoms with Crippen LogP contribution in [0, 0.1) is 6.92 Å². The maximum Gasteiger partial charge on any atom is 0.0662 e. The predicted octanol–water partition coefficient (Wildman–Crippen LogP) is 0.703. The molecule has 0 saturated carbocycles. The lowest BCUT2D eigenvalue weighted by molar-refractivity contribution is 0.0961. The van der Waals surface area contributed by atoms with Gasteiger partial charge in [0.1, 0.15) is 0 Å². The largest absolute Gasteiger partial charge is 0.385 e. The minimum atomic E-state index is 0.542. The number of rotatable bonds is 8. The molecule has 1 rings (SSSR count). The number of hydrogen-bond donors (Lipinski definition) is 1. The monoisotopic (exact) mass is 227 g/mol. The van der Waals surface area contributed by atoms with Crippen molar-refractivity contribution >= 4 is 0 Å². The highest BCUT2D eigenvalue weighted by atomic mass is 16.5. The summed E-state index contributed by atoms with van der Waals surface area (Å²) >= 11 is 0. The topological polar surface area (TPSA) is 62.3 Å². The quantitative estimate of drug-likeness (QED) is 0.664. The molecule has 5 heteroatoms. The molecule has 5 nitrogen and oxygen atoms in total. The molecule has 0 spiro atoms. The van der Waals surface area contributed by atoms with Gasteiger partial charge >= 0.3 is 0 Å². The fraction of sp³-hybridized carbons (Fsp3) is 0.727. The van der Waals surface area contributed by atoms with Crippen LogP contribution in [0.15, 0.2) is 6.20 Å². The van der Waals surface area contributed by atoms with Crippen LogP contribution in [-0.2, 0) is 22.6 Å². The van der Waals surface area contributed by atoms with Gasteiger partial charge in [-0.05, 0) is 13.3 Å². The Labute approximate surface area is 96.5 Å². The van der Waals surface area contributed by atoms with Crippen LogP contribution in [0.25, 0.3) is 0 Å². The van der Waals surface area contributed by atoms with E-state index in [4.69, 9.17) is 15.2 Å². The van der Waals surface area contributed by atoms with Gasteiger partial charge in [-0.15, -0.1) is 0 Å². The van der Waals surface area contributed by atoms with Crippen LogP contribution < -0.4 is 5.73 Å². The Hall–Kier alpha value is -0.910. The first-order chi connectivity index (χ1) is 7.77. The molecule has 1 heterocycles. The van der Waals surface area contributed by atoms with E-state index in [2.05, 4.69) is 5.10 Å². The molecule has 0 bridgehead atoms. The minimum Gasteiger partial charge on any atom is -0.385 e. The maximum absolute atomic E-state index is 5.58. The first-order valence-corrected chi connectivity index (χ1v) is 5.57. The van der Waals surface area contributed by atoms with Crippen molar-refractivity contribution in [2.75, 3.05) is 26.9 Å². The first-order valence-electron chi connectivity index (χ1n) is 5.57. The van der Waals surface area contributed by atoms with Crippen molar-refractivity contribution in [3.05, 3.63) is 17.5 Å². The molecule has 92 valence electrons. The van der Waals surface area contributed by atoms with Gasteiger partial charge in [-0.3, -0.25) is 4.68 Å². The Bertz CT molecular complexity index is 299. The lowest BCUT2D eigenvalue weighted by Gasteiger charge is -2.03. The molecule has 0 aromatic carbocycles. The Kier molecular flexibility index (Phi) is 6.07. The van der Waals surface area contributed by atoms with Crippen LogP contribution in [0.4, 0.5) is 0 Å². The Morgan fingerprint density at radius 3 is 2.81 bits per heavy atom. The van der Waals surface area contributed by atoms with Crippen LogP contribution in [0.5, 0.6) is 0 Å². The van der Waals surface area contributed by atoms with Gasteiger partial charge in [0.15, 0.2) is 0 Å². The highest BCUT2D eigenvalue weighted by Gasteiger charge is 2.02. The summed E-state index contributed by atoms with van der Waals surface area (Å²) in [5, 5.41) is 4.35. The van der Waals surface area contributed by atoms with Crippen molar-refractivity contribution < 1.29 is 9.47 Å². The SMILES string of the molecule is COCCCOCCn1cc(CN)c(C)n1. The number of aryl methyl sites for hydroxylation is 1. The van der Waals surface area contributed by atoms with Gasteiger partial charge in [0, 0.05) is 38.6 Å². The number of nitrogens with two attached hydrogens (primary N) is 1. The summed E-state index contributed by atoms with van der Waals surface area (Å²) in [5.41, 5.74) is 7.67. The normalized spacial score (nSPS) is 10.9. The molecule has 0 amide bonds. The number of nitrogens with zero attached hydrogens (tertiary/aromatic N) is 2. The van der Waals surface area contributed by atoms with E-state index in [1.165, 1.54) is 0 Å². The van der Waals surface area contributed by atoms with Gasteiger partial charge in [-0.1, -0.05) is 0 Å². The summed E-state index contributed by atoms with van der Waals surface area (Å²) in [4.78, 5) is 0. The molecular weight excluding hydrogens is 206 g/mol. The molecule has 0 aliphatic heterocycles. The van der Waals surface area contributed by atoms with Crippen molar-refractivity contribution in [2.45, 2.75) is 26.4 Å². The fourth-order valence-electron chi connectivity index (χ4n) is 1.44. The van der Waals surface area contributed by atoms with Crippen molar-refractivity contribution in [1.82, 2.24) is 9.78 Å². The number of hydrogen-bond acceptors (Lipinski definition) is 4. The van der Waals surface area contributed by atoms with Crippen LogP contribution in [0.2, 0.25) is 0 Å². The molecule has 16 heavy (non-hydrogen) atoms. The first kappa shape index (κ1) is 13.2. The molecule has 0 fully saturated rings. The van der Waals surface area contributed by atoms with E-state index in [1.807, 2.05) is 17.8 Å². The van der Waals surface area contributed by atoms with Crippen LogP contribution in [0.3, 0.4) is 0 Å². The maximum atomic E-state index is 5.58. The highest BCUT2D eigenvalue weighted by molar-refractivity contribution is 5.14. The lowest BCUT2D eigenvalue weighted by atomic mass is 10.3. The molecule has 0 unspecified atom stereocenters. The highest BCUT2D eigenvalue weighted by Crippen LogP contribution is 2.03. The number of methoxy groups -OCH3 is 1. The molecule has 2 N–H and O–H groups in total. The van der Waals surface area contributed by atoms with Gasteiger partial charge < -0.3 is 15.2 Å². The molecule has 1 aromatic rings. The Morgan fingerprint density at radius 1 is 1.38 bits per heavy atom. The van der Waals surface area contributed by atoms with E-state index in [9.17, 15) is 0 Å². The minimum absolute atomic E-state index is 0.542. The third-order valence-corrected chi connectivity index (χ3v) is 2.37. The number of ether oxygens (including phenoxy) is 2. The lowest BCUT2D eigenvalue weighted by Crippen LogP contribution is -2.08. The van der Waals surface area contributed by atoms with Crippen LogP contribution in [-0.4, -0.2) is 36.7 Å². The van der Waals surface area contributed by atoms with E-state index < -0.39 is 0 Å². The van der Waals surface area contributed by atoms with Crippen LogP contribution in [0.1, 0.15) is 17.7 Å². The van der Waals surface area contributed by atoms with Gasteiger partial charge in [0.25, 0.3) is 0 Å². The van der Waals surface area contributed by atoms with Crippen molar-refractivity contribution in [3.8, 4) is 0 Å². The van der Waals surface area contributed by atoms with Crippen molar-refractivity contribution in [2.24, 2.45) is 5.73 Å². The average molecular weight is 227 g/mol. The standard InChI is InChI=1S/C11H21N3O2/c1-10-11(8-12)9-14(13-10)4-7-16-6-3-5-15-2/h9H,3-8,12H2,1-2H3. The second-order valence-electron chi connectivity index (χ2n) is 3.67. The summed E-state index contributed by atoms with van der Waals surface area (Å²) in [5.74, 6) is 0. The van der Waals surface area contributed by atoms with Crippen LogP contribution >= 0.6 is 0 Å².